The second-order valence-electron chi connectivity index (χ2n) is 9.04. The summed E-state index contributed by atoms with van der Waals surface area (Å²) in [7, 11) is 1.77. The minimum atomic E-state index is -0.228. The Labute approximate surface area is 171 Å². The topological polar surface area (TPSA) is 30.9 Å². The Balaban J connectivity index is 1.32. The molecule has 1 atom stereocenters. The predicted octanol–water partition coefficient (Wildman–Crippen LogP) is 4.44. The van der Waals surface area contributed by atoms with Crippen LogP contribution in [0.5, 0.6) is 0 Å². The Bertz CT molecular complexity index is 569. The quantitative estimate of drug-likeness (QED) is 0.554. The predicted molar refractivity (Wildman–Crippen MR) is 114 cm³/mol. The van der Waals surface area contributed by atoms with Gasteiger partial charge >= 0.3 is 0 Å². The van der Waals surface area contributed by atoms with E-state index in [0.717, 1.165) is 38.0 Å². The van der Waals surface area contributed by atoms with Crippen molar-refractivity contribution in [3.63, 3.8) is 0 Å². The highest BCUT2D eigenvalue weighted by atomic mass is 16.6. The molecule has 2 aliphatic heterocycles. The summed E-state index contributed by atoms with van der Waals surface area (Å²) in [5.41, 5.74) is 2.36. The number of methoxy groups -OCH3 is 1. The SMILES string of the molecule is COC1(c2ccc(C(C)CCOCCN3CCC(C(C)C)CC3)cc2)COC1. The molecule has 3 rings (SSSR count). The maximum absolute atomic E-state index is 5.95. The fourth-order valence-electron chi connectivity index (χ4n) is 4.37. The first-order valence-electron chi connectivity index (χ1n) is 11.1. The van der Waals surface area contributed by atoms with Crippen LogP contribution in [0.3, 0.4) is 0 Å². The first kappa shape index (κ1) is 21.8. The van der Waals surface area contributed by atoms with Gasteiger partial charge in [0.1, 0.15) is 5.60 Å². The summed E-state index contributed by atoms with van der Waals surface area (Å²) in [5, 5.41) is 0. The summed E-state index contributed by atoms with van der Waals surface area (Å²) < 4.78 is 17.0. The molecule has 2 heterocycles. The van der Waals surface area contributed by atoms with Crippen molar-refractivity contribution in [3.8, 4) is 0 Å². The smallest absolute Gasteiger partial charge is 0.139 e. The Hall–Kier alpha value is -0.940. The number of piperidine rings is 1. The van der Waals surface area contributed by atoms with Crippen LogP contribution in [0.4, 0.5) is 0 Å². The van der Waals surface area contributed by atoms with E-state index in [4.69, 9.17) is 14.2 Å². The van der Waals surface area contributed by atoms with Crippen LogP contribution in [0.2, 0.25) is 0 Å². The zero-order chi connectivity index (χ0) is 20.0. The lowest BCUT2D eigenvalue weighted by atomic mass is 9.87. The maximum atomic E-state index is 5.95. The third kappa shape index (κ3) is 5.35. The van der Waals surface area contributed by atoms with Crippen LogP contribution in [0.1, 0.15) is 57.1 Å². The number of benzene rings is 1. The highest BCUT2D eigenvalue weighted by molar-refractivity contribution is 5.30. The fraction of sp³-hybridized carbons (Fsp3) is 0.750. The molecule has 1 unspecified atom stereocenters. The van der Waals surface area contributed by atoms with Crippen molar-refractivity contribution >= 4 is 0 Å². The van der Waals surface area contributed by atoms with E-state index >= 15 is 0 Å². The van der Waals surface area contributed by atoms with Gasteiger partial charge in [0.2, 0.25) is 0 Å². The molecule has 0 aliphatic carbocycles. The van der Waals surface area contributed by atoms with E-state index in [1.165, 1.54) is 37.1 Å². The summed E-state index contributed by atoms with van der Waals surface area (Å²) in [4.78, 5) is 2.57. The van der Waals surface area contributed by atoms with Gasteiger partial charge in [-0.15, -0.1) is 0 Å². The number of hydrogen-bond donors (Lipinski definition) is 0. The number of nitrogens with zero attached hydrogens (tertiary/aromatic N) is 1. The Morgan fingerprint density at radius 2 is 1.75 bits per heavy atom. The zero-order valence-corrected chi connectivity index (χ0v) is 18.3. The van der Waals surface area contributed by atoms with Gasteiger partial charge in [-0.25, -0.2) is 0 Å². The first-order valence-corrected chi connectivity index (χ1v) is 11.1. The molecule has 1 aromatic rings. The first-order chi connectivity index (χ1) is 13.5. The van der Waals surface area contributed by atoms with Gasteiger partial charge in [-0.1, -0.05) is 45.0 Å². The second kappa shape index (κ2) is 10.2. The van der Waals surface area contributed by atoms with Gasteiger partial charge in [0.15, 0.2) is 0 Å². The van der Waals surface area contributed by atoms with E-state index in [2.05, 4.69) is 49.9 Å². The number of rotatable bonds is 10. The monoisotopic (exact) mass is 389 g/mol. The molecule has 2 aliphatic rings. The van der Waals surface area contributed by atoms with Gasteiger partial charge in [-0.3, -0.25) is 0 Å². The van der Waals surface area contributed by atoms with Crippen molar-refractivity contribution in [2.75, 3.05) is 53.2 Å². The Kier molecular flexibility index (Phi) is 7.93. The normalized spacial score (nSPS) is 21.6. The van der Waals surface area contributed by atoms with Crippen molar-refractivity contribution < 1.29 is 14.2 Å². The molecule has 2 saturated heterocycles. The molecule has 0 bridgehead atoms. The summed E-state index contributed by atoms with van der Waals surface area (Å²) in [6.45, 7) is 13.6. The van der Waals surface area contributed by atoms with E-state index in [1.54, 1.807) is 7.11 Å². The minimum Gasteiger partial charge on any atom is -0.380 e. The molecule has 28 heavy (non-hydrogen) atoms. The van der Waals surface area contributed by atoms with E-state index < -0.39 is 0 Å². The van der Waals surface area contributed by atoms with Crippen LogP contribution in [0.15, 0.2) is 24.3 Å². The molecular formula is C24H39NO3. The van der Waals surface area contributed by atoms with Gasteiger partial charge in [0.25, 0.3) is 0 Å². The molecule has 2 fully saturated rings. The summed E-state index contributed by atoms with van der Waals surface area (Å²) in [6, 6.07) is 8.86. The largest absolute Gasteiger partial charge is 0.380 e. The van der Waals surface area contributed by atoms with Crippen molar-refractivity contribution in [3.05, 3.63) is 35.4 Å². The molecular weight excluding hydrogens is 350 g/mol. The van der Waals surface area contributed by atoms with Crippen molar-refractivity contribution in [1.29, 1.82) is 0 Å². The van der Waals surface area contributed by atoms with Gasteiger partial charge in [0.05, 0.1) is 19.8 Å². The van der Waals surface area contributed by atoms with Crippen LogP contribution in [0.25, 0.3) is 0 Å². The Morgan fingerprint density at radius 1 is 1.07 bits per heavy atom. The number of likely N-dealkylation sites (tertiary alicyclic amines) is 1. The average molecular weight is 390 g/mol. The van der Waals surface area contributed by atoms with Gasteiger partial charge in [0, 0.05) is 20.3 Å². The highest BCUT2D eigenvalue weighted by Gasteiger charge is 2.40. The minimum absolute atomic E-state index is 0.228. The average Bonchev–Trinajstić information content (AvgIpc) is 2.68. The van der Waals surface area contributed by atoms with E-state index in [0.29, 0.717) is 19.1 Å². The lowest BCUT2D eigenvalue weighted by Gasteiger charge is -2.40. The van der Waals surface area contributed by atoms with E-state index in [9.17, 15) is 0 Å². The van der Waals surface area contributed by atoms with Crippen molar-refractivity contribution in [1.82, 2.24) is 4.90 Å². The van der Waals surface area contributed by atoms with E-state index in [-0.39, 0.29) is 5.60 Å². The van der Waals surface area contributed by atoms with E-state index in [1.807, 2.05) is 0 Å². The Morgan fingerprint density at radius 3 is 2.29 bits per heavy atom. The van der Waals surface area contributed by atoms with Gasteiger partial charge < -0.3 is 19.1 Å². The molecule has 0 saturated carbocycles. The fourth-order valence-corrected chi connectivity index (χ4v) is 4.37. The van der Waals surface area contributed by atoms with Crippen LogP contribution in [-0.4, -0.2) is 58.1 Å². The standard InChI is InChI=1S/C24H39NO3/c1-19(2)21-9-12-25(13-10-21)14-16-27-15-11-20(3)22-5-7-23(8-6-22)24(26-4)17-28-18-24/h5-8,19-21H,9-18H2,1-4H3. The van der Waals surface area contributed by atoms with Crippen molar-refractivity contribution in [2.24, 2.45) is 11.8 Å². The molecule has 1 aromatic carbocycles. The molecule has 0 spiro atoms. The third-order valence-electron chi connectivity index (χ3n) is 6.89. The highest BCUT2D eigenvalue weighted by Crippen LogP contribution is 2.34. The molecule has 0 radical (unpaired) electrons. The molecule has 0 amide bonds. The third-order valence-corrected chi connectivity index (χ3v) is 6.89. The van der Waals surface area contributed by atoms with Gasteiger partial charge in [-0.2, -0.15) is 0 Å². The van der Waals surface area contributed by atoms with Crippen LogP contribution < -0.4 is 0 Å². The van der Waals surface area contributed by atoms with Gasteiger partial charge in [-0.05, 0) is 61.2 Å². The lowest BCUT2D eigenvalue weighted by Crippen LogP contribution is -2.48. The van der Waals surface area contributed by atoms with Crippen LogP contribution in [0, 0.1) is 11.8 Å². The summed E-state index contributed by atoms with van der Waals surface area (Å²) >= 11 is 0. The molecule has 0 N–H and O–H groups in total. The van der Waals surface area contributed by atoms with Crippen LogP contribution in [-0.2, 0) is 19.8 Å². The maximum Gasteiger partial charge on any atom is 0.139 e. The molecule has 4 nitrogen and oxygen atoms in total. The van der Waals surface area contributed by atoms with Crippen LogP contribution >= 0.6 is 0 Å². The summed E-state index contributed by atoms with van der Waals surface area (Å²) in [6.07, 6.45) is 3.76. The molecule has 0 aromatic heterocycles. The number of ether oxygens (including phenoxy) is 3. The second-order valence-corrected chi connectivity index (χ2v) is 9.04. The summed E-state index contributed by atoms with van der Waals surface area (Å²) in [5.74, 6) is 2.25. The van der Waals surface area contributed by atoms with Crippen molar-refractivity contribution in [2.45, 2.75) is 51.6 Å². The number of hydrogen-bond acceptors (Lipinski definition) is 4. The lowest BCUT2D eigenvalue weighted by molar-refractivity contribution is -0.202. The zero-order valence-electron chi connectivity index (χ0n) is 18.3. The molecule has 4 heteroatoms. The molecule has 158 valence electrons.